The Morgan fingerprint density at radius 2 is 2.40 bits per heavy atom. The van der Waals surface area contributed by atoms with Crippen LogP contribution < -0.4 is 16.6 Å². The number of fused-ring (bicyclic) bond motifs is 1. The van der Waals surface area contributed by atoms with Gasteiger partial charge in [-0.2, -0.15) is 0 Å². The number of aromatic nitrogens is 1. The maximum Gasteiger partial charge on any atom is 0.123 e. The van der Waals surface area contributed by atoms with E-state index in [1.807, 2.05) is 6.07 Å². The summed E-state index contributed by atoms with van der Waals surface area (Å²) in [7, 11) is 0. The monoisotopic (exact) mass is 136 g/mol. The molecular weight excluding hydrogens is 128 g/mol. The molecule has 0 saturated carbocycles. The standard InChI is InChI=1S/C6H8N4/c7-6-2-1-4-5(9-6)3-8-10-4/h1-2,8,10H,3H2,(H2,7,9). The largest absolute Gasteiger partial charge is 0.384 e. The Bertz CT molecular complexity index is 258. The van der Waals surface area contributed by atoms with Crippen molar-refractivity contribution in [3.05, 3.63) is 17.8 Å². The fraction of sp³-hybridized carbons (Fsp3) is 0.167. The van der Waals surface area contributed by atoms with Gasteiger partial charge >= 0.3 is 0 Å². The summed E-state index contributed by atoms with van der Waals surface area (Å²) in [4.78, 5) is 4.11. The van der Waals surface area contributed by atoms with Gasteiger partial charge in [0.25, 0.3) is 0 Å². The average molecular weight is 136 g/mol. The van der Waals surface area contributed by atoms with Crippen LogP contribution in [0, 0.1) is 0 Å². The molecule has 0 fully saturated rings. The first-order chi connectivity index (χ1) is 4.86. The highest BCUT2D eigenvalue weighted by atomic mass is 15.4. The van der Waals surface area contributed by atoms with E-state index in [1.165, 1.54) is 0 Å². The van der Waals surface area contributed by atoms with Gasteiger partial charge in [-0.3, -0.25) is 0 Å². The molecule has 1 aromatic heterocycles. The zero-order valence-corrected chi connectivity index (χ0v) is 5.39. The average Bonchev–Trinajstić information content (AvgIpc) is 2.33. The first-order valence-electron chi connectivity index (χ1n) is 3.10. The molecule has 4 N–H and O–H groups in total. The molecule has 0 saturated heterocycles. The minimum absolute atomic E-state index is 0.573. The Hall–Kier alpha value is -1.29. The van der Waals surface area contributed by atoms with Crippen molar-refractivity contribution in [2.24, 2.45) is 0 Å². The SMILES string of the molecule is Nc1ccc2c(n1)CNN2. The van der Waals surface area contributed by atoms with Gasteiger partial charge in [0, 0.05) is 0 Å². The lowest BCUT2D eigenvalue weighted by molar-refractivity contribution is 0.842. The molecule has 10 heavy (non-hydrogen) atoms. The van der Waals surface area contributed by atoms with Crippen LogP contribution in [0.4, 0.5) is 11.5 Å². The highest BCUT2D eigenvalue weighted by Gasteiger charge is 2.09. The summed E-state index contributed by atoms with van der Waals surface area (Å²) < 4.78 is 0. The molecule has 52 valence electrons. The normalized spacial score (nSPS) is 14.4. The minimum atomic E-state index is 0.573. The molecule has 0 unspecified atom stereocenters. The zero-order chi connectivity index (χ0) is 6.97. The summed E-state index contributed by atoms with van der Waals surface area (Å²) in [6, 6.07) is 3.69. The van der Waals surface area contributed by atoms with Crippen LogP contribution in [0.15, 0.2) is 12.1 Å². The van der Waals surface area contributed by atoms with E-state index in [1.54, 1.807) is 6.07 Å². The van der Waals surface area contributed by atoms with E-state index in [2.05, 4.69) is 15.8 Å². The van der Waals surface area contributed by atoms with Gasteiger partial charge in [0.1, 0.15) is 5.82 Å². The van der Waals surface area contributed by atoms with Crippen LogP contribution in [0.25, 0.3) is 0 Å². The summed E-state index contributed by atoms with van der Waals surface area (Å²) in [6.45, 7) is 0.750. The predicted octanol–water partition coefficient (Wildman–Crippen LogP) is 0.0939. The van der Waals surface area contributed by atoms with Crippen LogP contribution in [-0.4, -0.2) is 4.98 Å². The van der Waals surface area contributed by atoms with Gasteiger partial charge in [0.15, 0.2) is 0 Å². The molecule has 0 radical (unpaired) electrons. The lowest BCUT2D eigenvalue weighted by Gasteiger charge is -1.96. The van der Waals surface area contributed by atoms with Crippen molar-refractivity contribution in [3.63, 3.8) is 0 Å². The van der Waals surface area contributed by atoms with E-state index in [0.717, 1.165) is 17.9 Å². The molecule has 2 heterocycles. The number of rotatable bonds is 0. The molecule has 1 aliphatic heterocycles. The minimum Gasteiger partial charge on any atom is -0.384 e. The first kappa shape index (κ1) is 5.49. The maximum atomic E-state index is 5.46. The van der Waals surface area contributed by atoms with Gasteiger partial charge in [-0.15, -0.1) is 0 Å². The van der Waals surface area contributed by atoms with E-state index in [0.29, 0.717) is 5.82 Å². The van der Waals surface area contributed by atoms with E-state index >= 15 is 0 Å². The molecular formula is C6H8N4. The molecule has 0 amide bonds. The molecule has 1 aliphatic rings. The van der Waals surface area contributed by atoms with Crippen LogP contribution in [0.3, 0.4) is 0 Å². The molecule has 0 bridgehead atoms. The molecule has 4 nitrogen and oxygen atoms in total. The topological polar surface area (TPSA) is 63.0 Å². The Morgan fingerprint density at radius 1 is 1.50 bits per heavy atom. The number of hydrazine groups is 1. The van der Waals surface area contributed by atoms with E-state index in [-0.39, 0.29) is 0 Å². The summed E-state index contributed by atoms with van der Waals surface area (Å²) in [5.74, 6) is 0.573. The fourth-order valence-electron chi connectivity index (χ4n) is 0.990. The molecule has 0 spiro atoms. The molecule has 0 aliphatic carbocycles. The second kappa shape index (κ2) is 1.85. The number of pyridine rings is 1. The number of nitrogens with two attached hydrogens (primary N) is 1. The number of nitrogens with zero attached hydrogens (tertiary/aromatic N) is 1. The van der Waals surface area contributed by atoms with Gasteiger partial charge in [0.2, 0.25) is 0 Å². The van der Waals surface area contributed by atoms with Crippen molar-refractivity contribution < 1.29 is 0 Å². The Labute approximate surface area is 58.4 Å². The Balaban J connectivity index is 2.52. The highest BCUT2D eigenvalue weighted by molar-refractivity contribution is 5.53. The summed E-state index contributed by atoms with van der Waals surface area (Å²) in [5, 5.41) is 0. The Kier molecular flexibility index (Phi) is 1.01. The summed E-state index contributed by atoms with van der Waals surface area (Å²) in [5.41, 5.74) is 13.4. The lowest BCUT2D eigenvalue weighted by Crippen LogP contribution is -2.10. The van der Waals surface area contributed by atoms with Crippen molar-refractivity contribution in [1.29, 1.82) is 0 Å². The van der Waals surface area contributed by atoms with Crippen LogP contribution in [0.5, 0.6) is 0 Å². The van der Waals surface area contributed by atoms with Crippen LogP contribution in [0.1, 0.15) is 5.69 Å². The van der Waals surface area contributed by atoms with Crippen molar-refractivity contribution in [2.75, 3.05) is 11.2 Å². The number of nitrogens with one attached hydrogen (secondary N) is 2. The molecule has 1 aromatic rings. The van der Waals surface area contributed by atoms with Crippen LogP contribution in [0.2, 0.25) is 0 Å². The molecule has 4 heteroatoms. The van der Waals surface area contributed by atoms with Crippen molar-refractivity contribution >= 4 is 11.5 Å². The lowest BCUT2D eigenvalue weighted by atomic mass is 10.3. The fourth-order valence-corrected chi connectivity index (χ4v) is 0.990. The van der Waals surface area contributed by atoms with Gasteiger partial charge in [-0.1, -0.05) is 0 Å². The van der Waals surface area contributed by atoms with Crippen molar-refractivity contribution in [3.8, 4) is 0 Å². The Morgan fingerprint density at radius 3 is 3.30 bits per heavy atom. The van der Waals surface area contributed by atoms with E-state index < -0.39 is 0 Å². The summed E-state index contributed by atoms with van der Waals surface area (Å²) >= 11 is 0. The smallest absolute Gasteiger partial charge is 0.123 e. The maximum absolute atomic E-state index is 5.46. The van der Waals surface area contributed by atoms with Crippen LogP contribution in [-0.2, 0) is 6.54 Å². The first-order valence-corrected chi connectivity index (χ1v) is 3.10. The van der Waals surface area contributed by atoms with E-state index in [9.17, 15) is 0 Å². The molecule has 2 rings (SSSR count). The third-order valence-corrected chi connectivity index (χ3v) is 1.47. The van der Waals surface area contributed by atoms with Gasteiger partial charge in [0.05, 0.1) is 17.9 Å². The van der Waals surface area contributed by atoms with Crippen molar-refractivity contribution in [2.45, 2.75) is 6.54 Å². The van der Waals surface area contributed by atoms with Gasteiger partial charge in [-0.25, -0.2) is 10.4 Å². The number of hydrogen-bond acceptors (Lipinski definition) is 4. The molecule has 0 atom stereocenters. The van der Waals surface area contributed by atoms with Gasteiger partial charge < -0.3 is 11.2 Å². The van der Waals surface area contributed by atoms with E-state index in [4.69, 9.17) is 5.73 Å². The second-order valence-corrected chi connectivity index (χ2v) is 2.21. The van der Waals surface area contributed by atoms with Crippen LogP contribution >= 0.6 is 0 Å². The van der Waals surface area contributed by atoms with Gasteiger partial charge in [-0.05, 0) is 12.1 Å². The number of hydrogen-bond donors (Lipinski definition) is 3. The highest BCUT2D eigenvalue weighted by Crippen LogP contribution is 2.17. The second-order valence-electron chi connectivity index (χ2n) is 2.21. The number of nitrogen functional groups attached to an aromatic ring is 1. The number of anilines is 2. The third-order valence-electron chi connectivity index (χ3n) is 1.47. The third kappa shape index (κ3) is 0.698. The quantitative estimate of drug-likeness (QED) is 0.473. The summed E-state index contributed by atoms with van der Waals surface area (Å²) in [6.07, 6.45) is 0. The predicted molar refractivity (Wildman–Crippen MR) is 39.1 cm³/mol. The van der Waals surface area contributed by atoms with Crippen molar-refractivity contribution in [1.82, 2.24) is 10.4 Å². The molecule has 0 aromatic carbocycles. The zero-order valence-electron chi connectivity index (χ0n) is 5.39.